The van der Waals surface area contributed by atoms with E-state index in [0.717, 1.165) is 12.8 Å². The summed E-state index contributed by atoms with van der Waals surface area (Å²) in [4.78, 5) is 4.07. The van der Waals surface area contributed by atoms with Crippen LogP contribution < -0.4 is 4.74 Å². The van der Waals surface area contributed by atoms with Crippen molar-refractivity contribution >= 4 is 15.5 Å². The Morgan fingerprint density at radius 3 is 2.87 bits per heavy atom. The second-order valence-electron chi connectivity index (χ2n) is 3.53. The first-order valence-corrected chi connectivity index (χ1v) is 6.80. The van der Waals surface area contributed by atoms with Crippen LogP contribution in [-0.4, -0.2) is 27.8 Å². The molecule has 2 rings (SSSR count). The van der Waals surface area contributed by atoms with Crippen LogP contribution in [0.3, 0.4) is 0 Å². The number of aromatic nitrogens is 1. The number of pyridine rings is 1. The van der Waals surface area contributed by atoms with Crippen LogP contribution in [0, 0.1) is 0 Å². The minimum atomic E-state index is -2.02. The number of ether oxygens (including phenoxy) is 1. The van der Waals surface area contributed by atoms with Gasteiger partial charge in [-0.05, 0) is 18.9 Å². The van der Waals surface area contributed by atoms with E-state index in [1.54, 1.807) is 25.4 Å². The van der Waals surface area contributed by atoms with Crippen LogP contribution in [0.4, 0.5) is 5.82 Å². The highest BCUT2D eigenvalue weighted by Crippen LogP contribution is 2.21. The molecule has 1 aromatic rings. The summed E-state index contributed by atoms with van der Waals surface area (Å²) in [6.45, 7) is 0. The molecule has 15 heavy (non-hydrogen) atoms. The lowest BCUT2D eigenvalue weighted by atomic mass is 10.4. The number of methoxy groups -OCH3 is 1. The molecule has 0 radical (unpaired) electrons. The maximum absolute atomic E-state index is 12.1. The van der Waals surface area contributed by atoms with E-state index >= 15 is 0 Å². The zero-order chi connectivity index (χ0) is 10.7. The number of rotatable bonds is 2. The standard InChI is InChI=1S/C10H14N2O2S/c1-14-9-4-5-11-10(8-9)12-15(13)6-2-3-7-15/h4-5,8H,2-3,6-7H2,1H3. The molecule has 0 spiro atoms. The van der Waals surface area contributed by atoms with Crippen molar-refractivity contribution in [3.05, 3.63) is 18.3 Å². The molecule has 1 aliphatic rings. The third-order valence-corrected chi connectivity index (χ3v) is 4.76. The van der Waals surface area contributed by atoms with E-state index in [1.165, 1.54) is 0 Å². The largest absolute Gasteiger partial charge is 0.497 e. The van der Waals surface area contributed by atoms with E-state index in [4.69, 9.17) is 4.74 Å². The Morgan fingerprint density at radius 1 is 1.47 bits per heavy atom. The quantitative estimate of drug-likeness (QED) is 0.774. The van der Waals surface area contributed by atoms with Crippen LogP contribution in [0.15, 0.2) is 22.7 Å². The van der Waals surface area contributed by atoms with Gasteiger partial charge >= 0.3 is 0 Å². The number of nitrogens with zero attached hydrogens (tertiary/aromatic N) is 2. The van der Waals surface area contributed by atoms with E-state index in [1.807, 2.05) is 0 Å². The summed E-state index contributed by atoms with van der Waals surface area (Å²) in [5.74, 6) is 2.61. The van der Waals surface area contributed by atoms with Gasteiger partial charge in [-0.1, -0.05) is 0 Å². The fourth-order valence-corrected chi connectivity index (χ4v) is 3.73. The summed E-state index contributed by atoms with van der Waals surface area (Å²) >= 11 is 0. The van der Waals surface area contributed by atoms with Crippen LogP contribution in [0.25, 0.3) is 0 Å². The van der Waals surface area contributed by atoms with E-state index in [0.29, 0.717) is 23.1 Å². The minimum absolute atomic E-state index is 0.515. The molecule has 0 amide bonds. The van der Waals surface area contributed by atoms with Crippen LogP contribution in [0.1, 0.15) is 12.8 Å². The Hall–Kier alpha value is -1.10. The van der Waals surface area contributed by atoms with E-state index in [-0.39, 0.29) is 0 Å². The lowest BCUT2D eigenvalue weighted by Gasteiger charge is -2.01. The molecular formula is C10H14N2O2S. The Kier molecular flexibility index (Phi) is 2.90. The summed E-state index contributed by atoms with van der Waals surface area (Å²) in [6.07, 6.45) is 3.63. The molecular weight excluding hydrogens is 212 g/mol. The predicted octanol–water partition coefficient (Wildman–Crippen LogP) is 1.98. The van der Waals surface area contributed by atoms with Crippen molar-refractivity contribution in [1.82, 2.24) is 4.98 Å². The Bertz CT molecular complexity index is 452. The van der Waals surface area contributed by atoms with Gasteiger partial charge in [-0.3, -0.25) is 0 Å². The second-order valence-corrected chi connectivity index (χ2v) is 6.08. The van der Waals surface area contributed by atoms with Gasteiger partial charge in [-0.2, -0.15) is 4.36 Å². The maximum Gasteiger partial charge on any atom is 0.165 e. The molecule has 0 aromatic carbocycles. The number of hydrogen-bond donors (Lipinski definition) is 0. The van der Waals surface area contributed by atoms with Crippen molar-refractivity contribution in [2.75, 3.05) is 18.6 Å². The third-order valence-electron chi connectivity index (χ3n) is 2.39. The van der Waals surface area contributed by atoms with E-state index in [9.17, 15) is 4.21 Å². The van der Waals surface area contributed by atoms with Crippen molar-refractivity contribution in [2.45, 2.75) is 12.8 Å². The van der Waals surface area contributed by atoms with Crippen LogP contribution >= 0.6 is 0 Å². The molecule has 4 nitrogen and oxygen atoms in total. The molecule has 0 atom stereocenters. The highest BCUT2D eigenvalue weighted by atomic mass is 32.2. The molecule has 2 heterocycles. The van der Waals surface area contributed by atoms with Crippen molar-refractivity contribution in [1.29, 1.82) is 0 Å². The van der Waals surface area contributed by atoms with Crippen molar-refractivity contribution < 1.29 is 8.95 Å². The molecule has 82 valence electrons. The van der Waals surface area contributed by atoms with Gasteiger partial charge in [0.05, 0.1) is 16.8 Å². The minimum Gasteiger partial charge on any atom is -0.497 e. The highest BCUT2D eigenvalue weighted by Gasteiger charge is 2.16. The Balaban J connectivity index is 2.34. The average molecular weight is 226 g/mol. The smallest absolute Gasteiger partial charge is 0.165 e. The molecule has 1 fully saturated rings. The van der Waals surface area contributed by atoms with Gasteiger partial charge in [-0.25, -0.2) is 9.19 Å². The van der Waals surface area contributed by atoms with Gasteiger partial charge < -0.3 is 4.74 Å². The highest BCUT2D eigenvalue weighted by molar-refractivity contribution is 7.93. The molecule has 1 saturated heterocycles. The summed E-state index contributed by atoms with van der Waals surface area (Å²) in [7, 11) is -0.433. The average Bonchev–Trinajstić information content (AvgIpc) is 2.65. The van der Waals surface area contributed by atoms with Gasteiger partial charge in [0.25, 0.3) is 0 Å². The van der Waals surface area contributed by atoms with Crippen molar-refractivity contribution in [3.8, 4) is 5.75 Å². The topological polar surface area (TPSA) is 51.6 Å². The predicted molar refractivity (Wildman–Crippen MR) is 60.0 cm³/mol. The fraction of sp³-hybridized carbons (Fsp3) is 0.500. The van der Waals surface area contributed by atoms with Gasteiger partial charge in [0.2, 0.25) is 0 Å². The van der Waals surface area contributed by atoms with Crippen LogP contribution in [-0.2, 0) is 9.73 Å². The molecule has 1 aliphatic heterocycles. The van der Waals surface area contributed by atoms with Gasteiger partial charge in [0.15, 0.2) is 5.82 Å². The van der Waals surface area contributed by atoms with Crippen LogP contribution in [0.2, 0.25) is 0 Å². The van der Waals surface area contributed by atoms with Crippen molar-refractivity contribution in [2.24, 2.45) is 4.36 Å². The third kappa shape index (κ3) is 2.47. The van der Waals surface area contributed by atoms with E-state index in [2.05, 4.69) is 9.35 Å². The first kappa shape index (κ1) is 10.4. The molecule has 1 aromatic heterocycles. The van der Waals surface area contributed by atoms with E-state index < -0.39 is 9.73 Å². The number of hydrogen-bond acceptors (Lipinski definition) is 4. The van der Waals surface area contributed by atoms with Crippen LogP contribution in [0.5, 0.6) is 5.75 Å². The molecule has 0 N–H and O–H groups in total. The SMILES string of the molecule is COc1ccnc(N=S2(=O)CCCC2)c1. The first-order chi connectivity index (χ1) is 7.22. The maximum atomic E-state index is 12.1. The van der Waals surface area contributed by atoms with Gasteiger partial charge in [0, 0.05) is 23.8 Å². The first-order valence-electron chi connectivity index (χ1n) is 4.94. The zero-order valence-corrected chi connectivity index (χ0v) is 9.50. The molecule has 0 saturated carbocycles. The lowest BCUT2D eigenvalue weighted by Crippen LogP contribution is -1.99. The monoisotopic (exact) mass is 226 g/mol. The lowest BCUT2D eigenvalue weighted by molar-refractivity contribution is 0.414. The Labute approximate surface area is 89.9 Å². The summed E-state index contributed by atoms with van der Waals surface area (Å²) in [5.41, 5.74) is 0. The Morgan fingerprint density at radius 2 is 2.20 bits per heavy atom. The summed E-state index contributed by atoms with van der Waals surface area (Å²) in [6, 6.07) is 3.46. The molecule has 0 unspecified atom stereocenters. The fourth-order valence-electron chi connectivity index (χ4n) is 1.60. The normalized spacial score (nSPS) is 18.7. The summed E-state index contributed by atoms with van der Waals surface area (Å²) in [5, 5.41) is 0. The summed E-state index contributed by atoms with van der Waals surface area (Å²) < 4.78 is 21.4. The van der Waals surface area contributed by atoms with Crippen molar-refractivity contribution in [3.63, 3.8) is 0 Å². The van der Waals surface area contributed by atoms with Gasteiger partial charge in [-0.15, -0.1) is 0 Å². The van der Waals surface area contributed by atoms with Gasteiger partial charge in [0.1, 0.15) is 5.75 Å². The zero-order valence-electron chi connectivity index (χ0n) is 8.68. The molecule has 0 aliphatic carbocycles. The molecule has 0 bridgehead atoms. The molecule has 5 heteroatoms. The second kappa shape index (κ2) is 4.18.